The molecule has 144 valence electrons. The fraction of sp³-hybridized carbons (Fsp3) is 0.529. The Morgan fingerprint density at radius 1 is 1.19 bits per heavy atom. The molecule has 8 nitrogen and oxygen atoms in total. The van der Waals surface area contributed by atoms with Crippen LogP contribution in [0.15, 0.2) is 23.2 Å². The summed E-state index contributed by atoms with van der Waals surface area (Å²) in [5, 5.41) is 3.30. The van der Waals surface area contributed by atoms with Gasteiger partial charge in [0.2, 0.25) is 12.7 Å². The zero-order valence-corrected chi connectivity index (χ0v) is 17.4. The largest absolute Gasteiger partial charge is 0.492 e. The SMILES string of the molecule is CN=C(NCCOc1ccc2c(c1)OCO2)N1CCN(C(C)=O)CC1.I. The maximum absolute atomic E-state index is 11.4. The monoisotopic (exact) mass is 476 g/mol. The number of fused-ring (bicyclic) bond motifs is 1. The molecule has 1 N–H and O–H groups in total. The molecule has 1 saturated heterocycles. The lowest BCUT2D eigenvalue weighted by atomic mass is 10.3. The van der Waals surface area contributed by atoms with Gasteiger partial charge in [-0.15, -0.1) is 24.0 Å². The third-order valence-electron chi connectivity index (χ3n) is 4.23. The predicted octanol–water partition coefficient (Wildman–Crippen LogP) is 1.15. The van der Waals surface area contributed by atoms with E-state index in [1.165, 1.54) is 0 Å². The molecule has 0 atom stereocenters. The van der Waals surface area contributed by atoms with Crippen LogP contribution >= 0.6 is 24.0 Å². The van der Waals surface area contributed by atoms with Crippen LogP contribution in [0.5, 0.6) is 17.2 Å². The average molecular weight is 476 g/mol. The molecule has 3 rings (SSSR count). The molecular weight excluding hydrogens is 451 g/mol. The minimum absolute atomic E-state index is 0. The summed E-state index contributed by atoms with van der Waals surface area (Å²) >= 11 is 0. The van der Waals surface area contributed by atoms with E-state index in [1.807, 2.05) is 23.1 Å². The second kappa shape index (κ2) is 9.70. The van der Waals surface area contributed by atoms with E-state index in [2.05, 4.69) is 15.2 Å². The van der Waals surface area contributed by atoms with E-state index in [4.69, 9.17) is 14.2 Å². The number of halogens is 1. The van der Waals surface area contributed by atoms with Crippen LogP contribution in [0.3, 0.4) is 0 Å². The predicted molar refractivity (Wildman–Crippen MR) is 109 cm³/mol. The molecule has 0 radical (unpaired) electrons. The quantitative estimate of drug-likeness (QED) is 0.304. The van der Waals surface area contributed by atoms with Gasteiger partial charge in [0.15, 0.2) is 17.5 Å². The molecule has 2 heterocycles. The zero-order chi connectivity index (χ0) is 17.6. The highest BCUT2D eigenvalue weighted by atomic mass is 127. The van der Waals surface area contributed by atoms with Gasteiger partial charge in [-0.3, -0.25) is 9.79 Å². The van der Waals surface area contributed by atoms with Crippen molar-refractivity contribution in [2.24, 2.45) is 4.99 Å². The molecule has 0 spiro atoms. The molecule has 26 heavy (non-hydrogen) atoms. The number of carbonyl (C=O) groups excluding carboxylic acids is 1. The topological polar surface area (TPSA) is 75.6 Å². The van der Waals surface area contributed by atoms with E-state index in [9.17, 15) is 4.79 Å². The molecule has 0 unspecified atom stereocenters. The van der Waals surface area contributed by atoms with Crippen molar-refractivity contribution in [2.75, 3.05) is 53.2 Å². The molecule has 1 amide bonds. The molecule has 0 aromatic heterocycles. The van der Waals surface area contributed by atoms with Gasteiger partial charge < -0.3 is 29.3 Å². The number of benzene rings is 1. The molecule has 0 aliphatic carbocycles. The molecule has 1 aromatic carbocycles. The Morgan fingerprint density at radius 3 is 2.58 bits per heavy atom. The molecular formula is C17H25IN4O4. The Labute approximate surface area is 170 Å². The Bertz CT molecular complexity index is 648. The van der Waals surface area contributed by atoms with Crippen molar-refractivity contribution in [2.45, 2.75) is 6.92 Å². The molecule has 9 heteroatoms. The minimum atomic E-state index is 0. The number of carbonyl (C=O) groups is 1. The zero-order valence-electron chi connectivity index (χ0n) is 15.1. The summed E-state index contributed by atoms with van der Waals surface area (Å²) in [7, 11) is 1.76. The number of nitrogens with one attached hydrogen (secondary N) is 1. The highest BCUT2D eigenvalue weighted by Crippen LogP contribution is 2.34. The van der Waals surface area contributed by atoms with Crippen molar-refractivity contribution < 1.29 is 19.0 Å². The van der Waals surface area contributed by atoms with Gasteiger partial charge in [-0.2, -0.15) is 0 Å². The van der Waals surface area contributed by atoms with Crippen LogP contribution in [0.4, 0.5) is 0 Å². The van der Waals surface area contributed by atoms with E-state index in [0.29, 0.717) is 18.9 Å². The van der Waals surface area contributed by atoms with Crippen LogP contribution in [0.25, 0.3) is 0 Å². The van der Waals surface area contributed by atoms with Gasteiger partial charge in [0.1, 0.15) is 12.4 Å². The normalized spacial score (nSPS) is 16.2. The minimum Gasteiger partial charge on any atom is -0.492 e. The Morgan fingerprint density at radius 2 is 1.88 bits per heavy atom. The molecule has 2 aliphatic heterocycles. The van der Waals surface area contributed by atoms with Crippen LogP contribution in [0.1, 0.15) is 6.92 Å². The van der Waals surface area contributed by atoms with Crippen molar-refractivity contribution in [3.63, 3.8) is 0 Å². The number of hydrogen-bond donors (Lipinski definition) is 1. The van der Waals surface area contributed by atoms with Crippen molar-refractivity contribution in [3.8, 4) is 17.2 Å². The van der Waals surface area contributed by atoms with Crippen LogP contribution < -0.4 is 19.5 Å². The van der Waals surface area contributed by atoms with E-state index in [-0.39, 0.29) is 36.7 Å². The highest BCUT2D eigenvalue weighted by molar-refractivity contribution is 14.0. The number of aliphatic imine (C=N–C) groups is 1. The van der Waals surface area contributed by atoms with Gasteiger partial charge >= 0.3 is 0 Å². The van der Waals surface area contributed by atoms with Gasteiger partial charge in [-0.25, -0.2) is 0 Å². The third-order valence-corrected chi connectivity index (χ3v) is 4.23. The lowest BCUT2D eigenvalue weighted by Crippen LogP contribution is -2.53. The summed E-state index contributed by atoms with van der Waals surface area (Å²) in [6.45, 7) is 6.02. The fourth-order valence-corrected chi connectivity index (χ4v) is 2.86. The van der Waals surface area contributed by atoms with E-state index in [1.54, 1.807) is 14.0 Å². The smallest absolute Gasteiger partial charge is 0.231 e. The Kier molecular flexibility index (Phi) is 7.61. The lowest BCUT2D eigenvalue weighted by molar-refractivity contribution is -0.130. The lowest BCUT2D eigenvalue weighted by Gasteiger charge is -2.36. The first-order valence-corrected chi connectivity index (χ1v) is 8.41. The maximum Gasteiger partial charge on any atom is 0.231 e. The van der Waals surface area contributed by atoms with Crippen LogP contribution in [-0.4, -0.2) is 74.8 Å². The maximum atomic E-state index is 11.4. The molecule has 1 aromatic rings. The summed E-state index contributed by atoms with van der Waals surface area (Å²) in [6, 6.07) is 5.54. The van der Waals surface area contributed by atoms with E-state index in [0.717, 1.165) is 43.6 Å². The number of hydrogen-bond acceptors (Lipinski definition) is 5. The molecule has 0 saturated carbocycles. The number of nitrogens with zero attached hydrogens (tertiary/aromatic N) is 3. The first-order chi connectivity index (χ1) is 12.2. The van der Waals surface area contributed by atoms with Gasteiger partial charge in [0, 0.05) is 46.2 Å². The Hall–Kier alpha value is -1.91. The number of piperazine rings is 1. The van der Waals surface area contributed by atoms with Crippen molar-refractivity contribution in [3.05, 3.63) is 18.2 Å². The second-order valence-corrected chi connectivity index (χ2v) is 5.83. The molecule has 0 bridgehead atoms. The number of ether oxygens (including phenoxy) is 3. The molecule has 1 fully saturated rings. The second-order valence-electron chi connectivity index (χ2n) is 5.83. The van der Waals surface area contributed by atoms with Crippen molar-refractivity contribution in [1.82, 2.24) is 15.1 Å². The number of guanidine groups is 1. The highest BCUT2D eigenvalue weighted by Gasteiger charge is 2.20. The summed E-state index contributed by atoms with van der Waals surface area (Å²) in [6.07, 6.45) is 0. The van der Waals surface area contributed by atoms with Crippen LogP contribution in [0.2, 0.25) is 0 Å². The number of amides is 1. The first kappa shape index (κ1) is 20.4. The van der Waals surface area contributed by atoms with Gasteiger partial charge in [0.05, 0.1) is 6.54 Å². The van der Waals surface area contributed by atoms with Gasteiger partial charge in [-0.1, -0.05) is 0 Å². The van der Waals surface area contributed by atoms with Crippen LogP contribution in [-0.2, 0) is 4.79 Å². The summed E-state index contributed by atoms with van der Waals surface area (Å²) in [5.41, 5.74) is 0. The summed E-state index contributed by atoms with van der Waals surface area (Å²) in [4.78, 5) is 19.7. The summed E-state index contributed by atoms with van der Waals surface area (Å²) < 4.78 is 16.4. The fourth-order valence-electron chi connectivity index (χ4n) is 2.86. The summed E-state index contributed by atoms with van der Waals surface area (Å²) in [5.74, 6) is 3.16. The number of rotatable bonds is 4. The standard InChI is InChI=1S/C17H24N4O4.HI/c1-13(22)20-6-8-21(9-7-20)17(18-2)19-5-10-23-14-3-4-15-16(11-14)25-12-24-15;/h3-4,11H,5-10,12H2,1-2H3,(H,18,19);1H. The van der Waals surface area contributed by atoms with Gasteiger partial charge in [0.25, 0.3) is 0 Å². The first-order valence-electron chi connectivity index (χ1n) is 8.41. The Balaban J connectivity index is 0.00000243. The average Bonchev–Trinajstić information content (AvgIpc) is 3.10. The van der Waals surface area contributed by atoms with Gasteiger partial charge in [-0.05, 0) is 12.1 Å². The molecule has 2 aliphatic rings. The van der Waals surface area contributed by atoms with Crippen LogP contribution in [0, 0.1) is 0 Å². The third kappa shape index (κ3) is 5.05. The van der Waals surface area contributed by atoms with E-state index >= 15 is 0 Å². The van der Waals surface area contributed by atoms with Crippen molar-refractivity contribution >= 4 is 35.8 Å². The van der Waals surface area contributed by atoms with Crippen molar-refractivity contribution in [1.29, 1.82) is 0 Å². The van der Waals surface area contributed by atoms with E-state index < -0.39 is 0 Å².